The van der Waals surface area contributed by atoms with Gasteiger partial charge in [-0.15, -0.1) is 0 Å². The van der Waals surface area contributed by atoms with E-state index in [0.717, 1.165) is 12.2 Å². The fourth-order valence-electron chi connectivity index (χ4n) is 2.12. The number of halogens is 1. The molecule has 0 saturated carbocycles. The van der Waals surface area contributed by atoms with Crippen LogP contribution >= 0.6 is 11.6 Å². The van der Waals surface area contributed by atoms with Gasteiger partial charge in [0.15, 0.2) is 0 Å². The first-order valence-electron chi connectivity index (χ1n) is 6.77. The van der Waals surface area contributed by atoms with Crippen molar-refractivity contribution in [3.05, 3.63) is 51.1 Å². The van der Waals surface area contributed by atoms with E-state index >= 15 is 0 Å². The lowest BCUT2D eigenvalue weighted by Crippen LogP contribution is -2.09. The number of rotatable bonds is 6. The molecule has 0 aliphatic heterocycles. The van der Waals surface area contributed by atoms with Crippen LogP contribution < -0.4 is 5.32 Å². The molecule has 0 aliphatic rings. The Morgan fingerprint density at radius 1 is 1.52 bits per heavy atom. The van der Waals surface area contributed by atoms with Crippen LogP contribution in [-0.4, -0.2) is 27.6 Å². The van der Waals surface area contributed by atoms with Gasteiger partial charge in [-0.2, -0.15) is 0 Å². The van der Waals surface area contributed by atoms with E-state index in [1.165, 1.54) is 19.2 Å². The zero-order valence-corrected chi connectivity index (χ0v) is 13.3. The third kappa shape index (κ3) is 3.59. The van der Waals surface area contributed by atoms with E-state index in [9.17, 15) is 14.9 Å². The molecule has 0 spiro atoms. The zero-order valence-electron chi connectivity index (χ0n) is 12.6. The van der Waals surface area contributed by atoms with Crippen molar-refractivity contribution in [3.8, 4) is 0 Å². The summed E-state index contributed by atoms with van der Waals surface area (Å²) in [6, 6.07) is 2.56. The Balaban J connectivity index is 2.36. The van der Waals surface area contributed by atoms with Crippen LogP contribution in [0.3, 0.4) is 0 Å². The van der Waals surface area contributed by atoms with Gasteiger partial charge < -0.3 is 14.6 Å². The summed E-state index contributed by atoms with van der Waals surface area (Å²) < 4.78 is 6.52. The SMILES string of the molecule is CCn1cncc1CNc1cc(C(=O)OC)cc(Cl)c1[N+](=O)[O-]. The molecule has 0 fully saturated rings. The maximum Gasteiger partial charge on any atom is 0.337 e. The monoisotopic (exact) mass is 338 g/mol. The quantitative estimate of drug-likeness (QED) is 0.494. The maximum atomic E-state index is 11.6. The molecule has 1 aromatic heterocycles. The van der Waals surface area contributed by atoms with Crippen molar-refractivity contribution in [3.63, 3.8) is 0 Å². The highest BCUT2D eigenvalue weighted by Crippen LogP contribution is 2.34. The van der Waals surface area contributed by atoms with Gasteiger partial charge in [-0.3, -0.25) is 10.1 Å². The fraction of sp³-hybridized carbons (Fsp3) is 0.286. The minimum atomic E-state index is -0.622. The number of ether oxygens (including phenoxy) is 1. The summed E-state index contributed by atoms with van der Waals surface area (Å²) >= 11 is 5.94. The molecule has 8 nitrogen and oxygen atoms in total. The molecule has 1 N–H and O–H groups in total. The summed E-state index contributed by atoms with van der Waals surface area (Å²) in [7, 11) is 1.23. The van der Waals surface area contributed by atoms with E-state index < -0.39 is 10.9 Å². The zero-order chi connectivity index (χ0) is 17.0. The number of nitrogens with one attached hydrogen (secondary N) is 1. The first kappa shape index (κ1) is 16.8. The molecule has 0 unspecified atom stereocenters. The number of esters is 1. The minimum absolute atomic E-state index is 0.134. The van der Waals surface area contributed by atoms with Crippen LogP contribution in [0.15, 0.2) is 24.7 Å². The van der Waals surface area contributed by atoms with Crippen LogP contribution in [0.4, 0.5) is 11.4 Å². The maximum absolute atomic E-state index is 11.6. The molecule has 2 rings (SSSR count). The molecule has 0 saturated heterocycles. The van der Waals surface area contributed by atoms with E-state index in [0.29, 0.717) is 6.54 Å². The fourth-order valence-corrected chi connectivity index (χ4v) is 2.41. The lowest BCUT2D eigenvalue weighted by molar-refractivity contribution is -0.383. The summed E-state index contributed by atoms with van der Waals surface area (Å²) in [6.07, 6.45) is 3.33. The van der Waals surface area contributed by atoms with Crippen LogP contribution in [0, 0.1) is 10.1 Å². The van der Waals surface area contributed by atoms with E-state index in [4.69, 9.17) is 11.6 Å². The number of nitro benzene ring substituents is 1. The van der Waals surface area contributed by atoms with Gasteiger partial charge >= 0.3 is 11.7 Å². The van der Waals surface area contributed by atoms with Gasteiger partial charge in [0.05, 0.1) is 36.2 Å². The Morgan fingerprint density at radius 2 is 2.26 bits per heavy atom. The Hall–Kier alpha value is -2.61. The third-order valence-electron chi connectivity index (χ3n) is 3.27. The summed E-state index contributed by atoms with van der Waals surface area (Å²) in [6.45, 7) is 2.99. The van der Waals surface area contributed by atoms with Crippen LogP contribution in [0.1, 0.15) is 23.0 Å². The van der Waals surface area contributed by atoms with Gasteiger partial charge in [0.1, 0.15) is 10.7 Å². The smallest absolute Gasteiger partial charge is 0.337 e. The second-order valence-electron chi connectivity index (χ2n) is 4.63. The molecule has 0 aliphatic carbocycles. The normalized spacial score (nSPS) is 10.4. The van der Waals surface area contributed by atoms with Crippen molar-refractivity contribution >= 4 is 28.9 Å². The number of hydrogen-bond acceptors (Lipinski definition) is 6. The molecule has 1 heterocycles. The lowest BCUT2D eigenvalue weighted by atomic mass is 10.1. The molecule has 1 aromatic carbocycles. The predicted octanol–water partition coefficient (Wildman–Crippen LogP) is 2.86. The molecule has 0 atom stereocenters. The molecule has 122 valence electrons. The summed E-state index contributed by atoms with van der Waals surface area (Å²) in [4.78, 5) is 26.3. The Morgan fingerprint density at radius 3 is 2.87 bits per heavy atom. The number of aryl methyl sites for hydroxylation is 1. The summed E-state index contributed by atoms with van der Waals surface area (Å²) in [5, 5.41) is 14.0. The van der Waals surface area contributed by atoms with Crippen molar-refractivity contribution in [2.75, 3.05) is 12.4 Å². The number of hydrogen-bond donors (Lipinski definition) is 1. The van der Waals surface area contributed by atoms with Crippen LogP contribution in [-0.2, 0) is 17.8 Å². The lowest BCUT2D eigenvalue weighted by Gasteiger charge is -2.11. The van der Waals surface area contributed by atoms with Gasteiger partial charge in [-0.25, -0.2) is 9.78 Å². The van der Waals surface area contributed by atoms with Gasteiger partial charge in [0.2, 0.25) is 0 Å². The molecule has 2 aromatic rings. The van der Waals surface area contributed by atoms with E-state index in [1.54, 1.807) is 12.5 Å². The molecule has 0 amide bonds. The number of benzene rings is 1. The highest BCUT2D eigenvalue weighted by molar-refractivity contribution is 6.33. The van der Waals surface area contributed by atoms with E-state index in [1.807, 2.05) is 11.5 Å². The van der Waals surface area contributed by atoms with E-state index in [-0.39, 0.29) is 22.0 Å². The number of aromatic nitrogens is 2. The number of anilines is 1. The predicted molar refractivity (Wildman–Crippen MR) is 84.7 cm³/mol. The van der Waals surface area contributed by atoms with Crippen molar-refractivity contribution < 1.29 is 14.5 Å². The van der Waals surface area contributed by atoms with Crippen LogP contribution in [0.2, 0.25) is 5.02 Å². The highest BCUT2D eigenvalue weighted by atomic mass is 35.5. The third-order valence-corrected chi connectivity index (χ3v) is 3.55. The average molecular weight is 339 g/mol. The number of carbonyl (C=O) groups is 1. The van der Waals surface area contributed by atoms with Crippen molar-refractivity contribution in [2.24, 2.45) is 0 Å². The largest absolute Gasteiger partial charge is 0.465 e. The van der Waals surface area contributed by atoms with Gasteiger partial charge in [0.25, 0.3) is 0 Å². The minimum Gasteiger partial charge on any atom is -0.465 e. The Kier molecular flexibility index (Phi) is 5.17. The average Bonchev–Trinajstić information content (AvgIpc) is 2.98. The molecule has 9 heteroatoms. The van der Waals surface area contributed by atoms with Gasteiger partial charge in [-0.1, -0.05) is 11.6 Å². The standard InChI is InChI=1S/C14H15ClN4O4/c1-3-18-8-16-6-10(18)7-17-12-5-9(14(20)23-2)4-11(15)13(12)19(21)22/h4-6,8,17H,3,7H2,1-2H3. The highest BCUT2D eigenvalue weighted by Gasteiger charge is 2.22. The van der Waals surface area contributed by atoms with Crippen LogP contribution in [0.5, 0.6) is 0 Å². The number of imidazole rings is 1. The molecular formula is C14H15ClN4O4. The summed E-state index contributed by atoms with van der Waals surface area (Å²) in [5.41, 5.74) is 0.838. The Bertz CT molecular complexity index is 744. The topological polar surface area (TPSA) is 99.3 Å². The summed E-state index contributed by atoms with van der Waals surface area (Å²) in [5.74, 6) is -0.622. The second-order valence-corrected chi connectivity index (χ2v) is 5.03. The first-order valence-corrected chi connectivity index (χ1v) is 7.14. The molecule has 0 radical (unpaired) electrons. The number of carbonyl (C=O) groups excluding carboxylic acids is 1. The van der Waals surface area contributed by atoms with Crippen molar-refractivity contribution in [1.29, 1.82) is 0 Å². The molecule has 0 bridgehead atoms. The molecular weight excluding hydrogens is 324 g/mol. The van der Waals surface area contributed by atoms with E-state index in [2.05, 4.69) is 15.0 Å². The van der Waals surface area contributed by atoms with Gasteiger partial charge in [0, 0.05) is 12.7 Å². The molecule has 23 heavy (non-hydrogen) atoms. The van der Waals surface area contributed by atoms with Crippen LogP contribution in [0.25, 0.3) is 0 Å². The Labute approximate surface area is 137 Å². The second kappa shape index (κ2) is 7.10. The van der Waals surface area contributed by atoms with Gasteiger partial charge in [-0.05, 0) is 19.1 Å². The first-order chi connectivity index (χ1) is 11.0. The number of nitro groups is 1. The number of methoxy groups -OCH3 is 1. The van der Waals surface area contributed by atoms with Crippen molar-refractivity contribution in [1.82, 2.24) is 9.55 Å². The van der Waals surface area contributed by atoms with Crippen molar-refractivity contribution in [2.45, 2.75) is 20.0 Å². The number of nitrogens with zero attached hydrogens (tertiary/aromatic N) is 3.